The summed E-state index contributed by atoms with van der Waals surface area (Å²) in [4.78, 5) is 31.8. The van der Waals surface area contributed by atoms with Crippen molar-refractivity contribution in [2.75, 3.05) is 0 Å². The molecule has 2 aromatic rings. The van der Waals surface area contributed by atoms with Gasteiger partial charge in [-0.05, 0) is 9.85 Å². The van der Waals surface area contributed by atoms with E-state index >= 15 is 0 Å². The van der Waals surface area contributed by atoms with Crippen LogP contribution in [0.2, 0.25) is 0 Å². The summed E-state index contributed by atoms with van der Waals surface area (Å²) >= 11 is 0. The minimum Gasteiger partial charge on any atom is -0.831 e. The third-order valence-electron chi connectivity index (χ3n) is 1.23. The number of aromatic nitrogens is 6. The van der Waals surface area contributed by atoms with Gasteiger partial charge in [-0.15, -0.1) is 0 Å². The number of aromatic amines is 2. The number of rotatable bonds is 2. The van der Waals surface area contributed by atoms with E-state index in [-0.39, 0.29) is 71.0 Å². The van der Waals surface area contributed by atoms with Crippen LogP contribution >= 0.6 is 0 Å². The van der Waals surface area contributed by atoms with Crippen molar-refractivity contribution >= 4 is 11.9 Å². The SMILES string of the molecule is O.O.O=[N+]([O-])[O-].O=[N+]([O-])c1n[nH]c([O-])n1.O=[N+]([O-])c1n[nH]c([O-])n1.[OH3+].[OH3+].[OH3+].[OH3+].[OH3+].[Y+3]. The number of H-pyrrole nitrogens is 2. The van der Waals surface area contributed by atoms with Crippen LogP contribution < -0.4 is 10.2 Å². The van der Waals surface area contributed by atoms with E-state index in [4.69, 9.17) is 15.3 Å². The van der Waals surface area contributed by atoms with Crippen molar-refractivity contribution in [3.63, 3.8) is 0 Å². The minimum atomic E-state index is -1.75. The first-order valence-electron chi connectivity index (χ1n) is 4.42. The second-order valence-electron chi connectivity index (χ2n) is 2.62. The first-order valence-corrected chi connectivity index (χ1v) is 4.42. The van der Waals surface area contributed by atoms with Crippen molar-refractivity contribution in [3.05, 3.63) is 35.6 Å². The molecule has 0 aromatic carbocycles. The zero-order valence-corrected chi connectivity index (χ0v) is 17.1. The molecule has 0 saturated heterocycles. The maximum absolute atomic E-state index is 10.1. The standard InChI is InChI=1S/2C2H2N4O3.NO3.7H2O.Y/c2*7-2-3-1(4-5-2)6(8)9;2-1(3)4;;;;;;;;/h2*(H2,3,4,5,7);;7*1H2;/q;;-1;;;;;;;;+3/p+3. The fourth-order valence-corrected chi connectivity index (χ4v) is 0.641. The molecule has 0 aliphatic heterocycles. The van der Waals surface area contributed by atoms with Gasteiger partial charge in [0, 0.05) is 10.2 Å². The van der Waals surface area contributed by atoms with Crippen molar-refractivity contribution in [1.29, 1.82) is 0 Å². The van der Waals surface area contributed by atoms with Crippen LogP contribution in [0.5, 0.6) is 12.0 Å². The van der Waals surface area contributed by atoms with E-state index in [0.717, 1.165) is 0 Å². The summed E-state index contributed by atoms with van der Waals surface area (Å²) in [5.74, 6) is -1.39. The minimum absolute atomic E-state index is 0. The Morgan fingerprint density at radius 1 is 0.633 bits per heavy atom. The largest absolute Gasteiger partial charge is 3.00 e. The van der Waals surface area contributed by atoms with Crippen molar-refractivity contribution < 1.29 is 96.2 Å². The summed E-state index contributed by atoms with van der Waals surface area (Å²) in [5.41, 5.74) is 0. The molecule has 0 unspecified atom stereocenters. The maximum Gasteiger partial charge on any atom is 3.00 e. The van der Waals surface area contributed by atoms with Gasteiger partial charge >= 0.3 is 44.6 Å². The van der Waals surface area contributed by atoms with Crippen LogP contribution in [-0.4, -0.2) is 56.2 Å². The number of hydrogen-bond donors (Lipinski definition) is 2. The van der Waals surface area contributed by atoms with Gasteiger partial charge in [-0.1, -0.05) is 9.97 Å². The fourth-order valence-electron chi connectivity index (χ4n) is 0.641. The van der Waals surface area contributed by atoms with Crippen molar-refractivity contribution in [3.8, 4) is 12.0 Å². The average molecular weight is 540 g/mol. The Morgan fingerprint density at radius 3 is 0.900 bits per heavy atom. The molecule has 30 heavy (non-hydrogen) atoms. The van der Waals surface area contributed by atoms with Crippen LogP contribution in [0.15, 0.2) is 0 Å². The Bertz CT molecular complexity index is 606. The summed E-state index contributed by atoms with van der Waals surface area (Å²) in [6, 6.07) is -1.61. The first kappa shape index (κ1) is 56.3. The molecule has 2 rings (SSSR count). The predicted octanol–water partition coefficient (Wildman–Crippen LogP) is -8.93. The topological polar surface area (TPSA) is 510 Å². The van der Waals surface area contributed by atoms with E-state index in [2.05, 4.69) is 20.2 Å². The number of nitro groups is 2. The quantitative estimate of drug-likeness (QED) is 0.203. The van der Waals surface area contributed by atoms with Gasteiger partial charge in [-0.3, -0.25) is 0 Å². The van der Waals surface area contributed by atoms with Crippen LogP contribution in [0.3, 0.4) is 0 Å². The normalized spacial score (nSPS) is 6.40. The molecule has 176 valence electrons. The van der Waals surface area contributed by atoms with Gasteiger partial charge in [0.2, 0.25) is 0 Å². The summed E-state index contributed by atoms with van der Waals surface area (Å²) in [6.45, 7) is 0. The van der Waals surface area contributed by atoms with Gasteiger partial charge in [-0.25, -0.2) is 0 Å². The Labute approximate surface area is 186 Å². The van der Waals surface area contributed by atoms with Gasteiger partial charge in [0.1, 0.15) is 0 Å². The average Bonchev–Trinajstić information content (AvgIpc) is 2.98. The van der Waals surface area contributed by atoms with E-state index in [1.54, 1.807) is 10.2 Å². The molecule has 2 heterocycles. The Hall–Kier alpha value is -3.30. The van der Waals surface area contributed by atoms with E-state index in [9.17, 15) is 30.4 Å². The Morgan fingerprint density at radius 2 is 0.833 bits per heavy atom. The third kappa shape index (κ3) is 26.9. The smallest absolute Gasteiger partial charge is 0.831 e. The summed E-state index contributed by atoms with van der Waals surface area (Å²) < 4.78 is 0. The Kier molecular flexibility index (Phi) is 52.4. The molecule has 0 bridgehead atoms. The van der Waals surface area contributed by atoms with E-state index < -0.39 is 38.9 Å². The van der Waals surface area contributed by atoms with E-state index in [1.165, 1.54) is 0 Å². The molecular weight excluding hydrogens is 519 g/mol. The van der Waals surface area contributed by atoms with Gasteiger partial charge < -0.3 is 84.1 Å². The van der Waals surface area contributed by atoms with Crippen LogP contribution in [0, 0.1) is 35.6 Å². The Balaban J connectivity index is -0.0000000292. The predicted molar refractivity (Wildman–Crippen MR) is 86.9 cm³/mol. The van der Waals surface area contributed by atoms with Crippen LogP contribution in [0.4, 0.5) is 11.9 Å². The second-order valence-corrected chi connectivity index (χ2v) is 2.62. The zero-order valence-electron chi connectivity index (χ0n) is 14.3. The van der Waals surface area contributed by atoms with Crippen molar-refractivity contribution in [2.24, 2.45) is 0 Å². The molecular formula is C4H21N9O16Y+5. The molecule has 0 spiro atoms. The van der Waals surface area contributed by atoms with Gasteiger partial charge in [0.15, 0.2) is 12.0 Å². The third-order valence-corrected chi connectivity index (χ3v) is 1.23. The molecule has 0 atom stereocenters. The molecule has 0 aliphatic rings. The van der Waals surface area contributed by atoms with Gasteiger partial charge in [0.25, 0.3) is 0 Å². The van der Waals surface area contributed by atoms with Crippen LogP contribution in [0.25, 0.3) is 0 Å². The maximum atomic E-state index is 10.1. The molecule has 25 nitrogen and oxygen atoms in total. The van der Waals surface area contributed by atoms with Crippen molar-refractivity contribution in [2.45, 2.75) is 0 Å². The molecule has 0 radical (unpaired) electrons. The summed E-state index contributed by atoms with van der Waals surface area (Å²) in [6.07, 6.45) is 0. The number of nitrogens with one attached hydrogen (secondary N) is 2. The van der Waals surface area contributed by atoms with Crippen LogP contribution in [0.1, 0.15) is 0 Å². The van der Waals surface area contributed by atoms with Crippen LogP contribution in [-0.2, 0) is 60.1 Å². The zero-order chi connectivity index (χ0) is 17.3. The van der Waals surface area contributed by atoms with E-state index in [0.29, 0.717) is 0 Å². The fraction of sp³-hybridized carbons (Fsp3) is 0. The van der Waals surface area contributed by atoms with Gasteiger partial charge in [-0.2, -0.15) is 10.2 Å². The summed E-state index contributed by atoms with van der Waals surface area (Å²) in [5, 5.41) is 63.9. The molecule has 26 heteroatoms. The monoisotopic (exact) mass is 540 g/mol. The molecule has 0 aliphatic carbocycles. The number of nitrogens with zero attached hydrogens (tertiary/aromatic N) is 7. The number of hydrogen-bond acceptors (Lipinski definition) is 13. The molecule has 0 amide bonds. The summed E-state index contributed by atoms with van der Waals surface area (Å²) in [7, 11) is 0. The first-order chi connectivity index (χ1) is 10.1. The molecule has 0 saturated carbocycles. The molecule has 0 fully saturated rings. The van der Waals surface area contributed by atoms with E-state index in [1.807, 2.05) is 0 Å². The second kappa shape index (κ2) is 27.9. The van der Waals surface area contributed by atoms with Crippen molar-refractivity contribution in [1.82, 2.24) is 30.4 Å². The molecule has 2 aromatic heterocycles. The molecule has 21 N–H and O–H groups in total. The van der Waals surface area contributed by atoms with Gasteiger partial charge in [0.05, 0.1) is 5.09 Å².